The van der Waals surface area contributed by atoms with Gasteiger partial charge < -0.3 is 9.52 Å². The van der Waals surface area contributed by atoms with Crippen LogP contribution in [0.1, 0.15) is 29.3 Å². The van der Waals surface area contributed by atoms with E-state index in [1.54, 1.807) is 0 Å². The van der Waals surface area contributed by atoms with E-state index in [9.17, 15) is 9.59 Å². The fraction of sp³-hybridized carbons (Fsp3) is 0.231. The van der Waals surface area contributed by atoms with Crippen LogP contribution in [-0.2, 0) is 6.42 Å². The van der Waals surface area contributed by atoms with Gasteiger partial charge in [-0.3, -0.25) is 4.79 Å². The quantitative estimate of drug-likeness (QED) is 0.882. The summed E-state index contributed by atoms with van der Waals surface area (Å²) in [6.45, 7) is 1.97. The predicted octanol–water partition coefficient (Wildman–Crippen LogP) is 2.44. The summed E-state index contributed by atoms with van der Waals surface area (Å²) in [5.41, 5.74) is 0.956. The zero-order valence-corrected chi connectivity index (χ0v) is 9.40. The van der Waals surface area contributed by atoms with Crippen molar-refractivity contribution in [3.63, 3.8) is 0 Å². The summed E-state index contributed by atoms with van der Waals surface area (Å²) in [4.78, 5) is 22.9. The summed E-state index contributed by atoms with van der Waals surface area (Å²) in [7, 11) is 0. The van der Waals surface area contributed by atoms with Crippen LogP contribution < -0.4 is 5.43 Å². The average Bonchev–Trinajstić information content (AvgIpc) is 2.32. The molecule has 0 aliphatic rings. The van der Waals surface area contributed by atoms with Crippen LogP contribution in [0.4, 0.5) is 0 Å². The number of hydrogen-bond acceptors (Lipinski definition) is 3. The molecule has 0 saturated heterocycles. The molecule has 0 amide bonds. The monoisotopic (exact) mass is 232 g/mol. The molecule has 4 nitrogen and oxygen atoms in total. The molecular formula is C13H12O4. The van der Waals surface area contributed by atoms with E-state index in [1.807, 2.05) is 6.92 Å². The van der Waals surface area contributed by atoms with E-state index in [-0.39, 0.29) is 11.0 Å². The fourth-order valence-electron chi connectivity index (χ4n) is 1.75. The van der Waals surface area contributed by atoms with Crippen molar-refractivity contribution in [2.45, 2.75) is 19.8 Å². The van der Waals surface area contributed by atoms with Crippen LogP contribution in [0, 0.1) is 0 Å². The second kappa shape index (κ2) is 4.41. The van der Waals surface area contributed by atoms with Crippen molar-refractivity contribution in [2.75, 3.05) is 0 Å². The number of aromatic carboxylic acids is 1. The van der Waals surface area contributed by atoms with Crippen LogP contribution in [0.15, 0.2) is 33.7 Å². The lowest BCUT2D eigenvalue weighted by Crippen LogP contribution is -2.09. The Morgan fingerprint density at radius 3 is 2.82 bits per heavy atom. The molecule has 0 aliphatic carbocycles. The number of aryl methyl sites for hydroxylation is 1. The highest BCUT2D eigenvalue weighted by Gasteiger charge is 2.09. The molecule has 88 valence electrons. The Kier molecular flexibility index (Phi) is 2.95. The highest BCUT2D eigenvalue weighted by molar-refractivity contribution is 5.92. The molecule has 0 atom stereocenters. The van der Waals surface area contributed by atoms with Crippen molar-refractivity contribution < 1.29 is 14.3 Å². The van der Waals surface area contributed by atoms with Crippen LogP contribution >= 0.6 is 0 Å². The van der Waals surface area contributed by atoms with Crippen LogP contribution in [0.2, 0.25) is 0 Å². The molecule has 1 heterocycles. The minimum Gasteiger partial charge on any atom is -0.478 e. The Morgan fingerprint density at radius 1 is 1.41 bits per heavy atom. The van der Waals surface area contributed by atoms with E-state index < -0.39 is 5.97 Å². The minimum absolute atomic E-state index is 0.0958. The molecule has 0 aliphatic heterocycles. The Balaban J connectivity index is 2.69. The van der Waals surface area contributed by atoms with Gasteiger partial charge in [0, 0.05) is 5.56 Å². The SMILES string of the molecule is CCCc1coc2ccc(C(=O)O)cc2c1=O. The molecule has 2 rings (SSSR count). The van der Waals surface area contributed by atoms with Crippen molar-refractivity contribution in [2.24, 2.45) is 0 Å². The normalized spacial score (nSPS) is 10.6. The smallest absolute Gasteiger partial charge is 0.335 e. The molecule has 1 aromatic carbocycles. The zero-order valence-electron chi connectivity index (χ0n) is 9.40. The van der Waals surface area contributed by atoms with Gasteiger partial charge in [-0.05, 0) is 24.6 Å². The third-order valence-corrected chi connectivity index (χ3v) is 2.61. The molecule has 0 spiro atoms. The topological polar surface area (TPSA) is 67.5 Å². The molecule has 0 saturated carbocycles. The maximum atomic E-state index is 12.0. The van der Waals surface area contributed by atoms with Crippen molar-refractivity contribution in [1.29, 1.82) is 0 Å². The predicted molar refractivity (Wildman–Crippen MR) is 63.4 cm³/mol. The van der Waals surface area contributed by atoms with Crippen molar-refractivity contribution in [3.8, 4) is 0 Å². The molecule has 1 N–H and O–H groups in total. The first-order valence-electron chi connectivity index (χ1n) is 5.41. The maximum Gasteiger partial charge on any atom is 0.335 e. The zero-order chi connectivity index (χ0) is 12.4. The lowest BCUT2D eigenvalue weighted by molar-refractivity contribution is 0.0697. The number of fused-ring (bicyclic) bond motifs is 1. The van der Waals surface area contributed by atoms with Crippen LogP contribution in [0.5, 0.6) is 0 Å². The van der Waals surface area contributed by atoms with Gasteiger partial charge in [0.05, 0.1) is 17.2 Å². The molecule has 2 aromatic rings. The maximum absolute atomic E-state index is 12.0. The largest absolute Gasteiger partial charge is 0.478 e. The lowest BCUT2D eigenvalue weighted by Gasteiger charge is -2.01. The Bertz CT molecular complexity index is 625. The van der Waals surface area contributed by atoms with Crippen LogP contribution in [0.3, 0.4) is 0 Å². The number of benzene rings is 1. The molecule has 0 unspecified atom stereocenters. The van der Waals surface area contributed by atoms with E-state index in [0.717, 1.165) is 6.42 Å². The van der Waals surface area contributed by atoms with Crippen molar-refractivity contribution in [1.82, 2.24) is 0 Å². The Morgan fingerprint density at radius 2 is 2.18 bits per heavy atom. The third-order valence-electron chi connectivity index (χ3n) is 2.61. The van der Waals surface area contributed by atoms with Gasteiger partial charge in [0.2, 0.25) is 0 Å². The number of carboxylic acids is 1. The highest BCUT2D eigenvalue weighted by Crippen LogP contribution is 2.14. The molecule has 0 fully saturated rings. The molecule has 0 bridgehead atoms. The van der Waals surface area contributed by atoms with Crippen LogP contribution in [0.25, 0.3) is 11.0 Å². The summed E-state index contributed by atoms with van der Waals surface area (Å²) >= 11 is 0. The van der Waals surface area contributed by atoms with Gasteiger partial charge in [-0.2, -0.15) is 0 Å². The molecule has 1 aromatic heterocycles. The van der Waals surface area contributed by atoms with Gasteiger partial charge in [0.1, 0.15) is 5.58 Å². The second-order valence-corrected chi connectivity index (χ2v) is 3.86. The Hall–Kier alpha value is -2.10. The van der Waals surface area contributed by atoms with Gasteiger partial charge in [0.25, 0.3) is 0 Å². The first-order chi connectivity index (χ1) is 8.13. The molecule has 4 heteroatoms. The first-order valence-corrected chi connectivity index (χ1v) is 5.41. The lowest BCUT2D eigenvalue weighted by atomic mass is 10.1. The van der Waals surface area contributed by atoms with Gasteiger partial charge in [-0.25, -0.2) is 4.79 Å². The van der Waals surface area contributed by atoms with Crippen molar-refractivity contribution in [3.05, 3.63) is 45.8 Å². The van der Waals surface area contributed by atoms with E-state index >= 15 is 0 Å². The highest BCUT2D eigenvalue weighted by atomic mass is 16.4. The number of carbonyl (C=O) groups is 1. The summed E-state index contributed by atoms with van der Waals surface area (Å²) in [6, 6.07) is 4.30. The second-order valence-electron chi connectivity index (χ2n) is 3.86. The first kappa shape index (κ1) is 11.4. The molecule has 0 radical (unpaired) electrons. The minimum atomic E-state index is -1.05. The molecule has 17 heavy (non-hydrogen) atoms. The number of hydrogen-bond donors (Lipinski definition) is 1. The van der Waals surface area contributed by atoms with Gasteiger partial charge in [0.15, 0.2) is 5.43 Å². The van der Waals surface area contributed by atoms with Gasteiger partial charge >= 0.3 is 5.97 Å². The van der Waals surface area contributed by atoms with Crippen LogP contribution in [-0.4, -0.2) is 11.1 Å². The number of carboxylic acid groups (broad SMARTS) is 1. The van der Waals surface area contributed by atoms with Gasteiger partial charge in [-0.15, -0.1) is 0 Å². The summed E-state index contributed by atoms with van der Waals surface area (Å²) in [6.07, 6.45) is 2.93. The van der Waals surface area contributed by atoms with E-state index in [1.165, 1.54) is 24.5 Å². The molecular weight excluding hydrogens is 220 g/mol. The van der Waals surface area contributed by atoms with Gasteiger partial charge in [-0.1, -0.05) is 13.3 Å². The Labute approximate surface area is 97.5 Å². The summed E-state index contributed by atoms with van der Waals surface area (Å²) in [5, 5.41) is 9.20. The average molecular weight is 232 g/mol. The summed E-state index contributed by atoms with van der Waals surface area (Å²) < 4.78 is 5.32. The summed E-state index contributed by atoms with van der Waals surface area (Å²) in [5.74, 6) is -1.05. The van der Waals surface area contributed by atoms with Crippen molar-refractivity contribution >= 4 is 16.9 Å². The standard InChI is InChI=1S/C13H12O4/c1-2-3-9-7-17-11-5-4-8(13(15)16)6-10(11)12(9)14/h4-7H,2-3H2,1H3,(H,15,16). The third kappa shape index (κ3) is 2.06. The van der Waals surface area contributed by atoms with E-state index in [0.29, 0.717) is 23.0 Å². The number of rotatable bonds is 3. The van der Waals surface area contributed by atoms with E-state index in [4.69, 9.17) is 9.52 Å². The fourth-order valence-corrected chi connectivity index (χ4v) is 1.75. The van der Waals surface area contributed by atoms with E-state index in [2.05, 4.69) is 0 Å².